The topological polar surface area (TPSA) is 45.1 Å². The van der Waals surface area contributed by atoms with Gasteiger partial charge in [-0.25, -0.2) is 0 Å². The van der Waals surface area contributed by atoms with Gasteiger partial charge in [-0.3, -0.25) is 0 Å². The van der Waals surface area contributed by atoms with Crippen molar-refractivity contribution in [3.63, 3.8) is 0 Å². The van der Waals surface area contributed by atoms with Crippen LogP contribution in [0.15, 0.2) is 23.3 Å². The number of methoxy groups -OCH3 is 1. The van der Waals surface area contributed by atoms with Gasteiger partial charge in [-0.2, -0.15) is 5.10 Å². The molecule has 0 aromatic heterocycles. The van der Waals surface area contributed by atoms with Gasteiger partial charge in [0, 0.05) is 19.7 Å². The van der Waals surface area contributed by atoms with Crippen LogP contribution >= 0.6 is 0 Å². The lowest BCUT2D eigenvalue weighted by molar-refractivity contribution is 0.412. The second-order valence-corrected chi connectivity index (χ2v) is 3.02. The second-order valence-electron chi connectivity index (χ2n) is 3.02. The highest BCUT2D eigenvalue weighted by Gasteiger charge is 2.00. The molecule has 0 saturated carbocycles. The van der Waals surface area contributed by atoms with E-state index < -0.39 is 0 Å². The Kier molecular flexibility index (Phi) is 3.34. The van der Waals surface area contributed by atoms with Gasteiger partial charge in [0.05, 0.1) is 13.3 Å². The Morgan fingerprint density at radius 1 is 1.43 bits per heavy atom. The van der Waals surface area contributed by atoms with E-state index in [2.05, 4.69) is 5.10 Å². The summed E-state index contributed by atoms with van der Waals surface area (Å²) in [7, 11) is 5.21. The van der Waals surface area contributed by atoms with Gasteiger partial charge in [-0.1, -0.05) is 0 Å². The average molecular weight is 194 g/mol. The van der Waals surface area contributed by atoms with Crippen LogP contribution in [0, 0.1) is 0 Å². The minimum Gasteiger partial charge on any atom is -0.507 e. The molecule has 14 heavy (non-hydrogen) atoms. The van der Waals surface area contributed by atoms with E-state index in [-0.39, 0.29) is 5.75 Å². The monoisotopic (exact) mass is 194 g/mol. The average Bonchev–Trinajstić information content (AvgIpc) is 2.16. The fourth-order valence-electron chi connectivity index (χ4n) is 0.941. The number of aromatic hydroxyl groups is 1. The third-order valence-electron chi connectivity index (χ3n) is 1.66. The number of phenolic OH excluding ortho intramolecular Hbond substituents is 1. The summed E-state index contributed by atoms with van der Waals surface area (Å²) >= 11 is 0. The number of ether oxygens (including phenoxy) is 1. The summed E-state index contributed by atoms with van der Waals surface area (Å²) < 4.78 is 5.03. The van der Waals surface area contributed by atoms with Crippen LogP contribution in [0.5, 0.6) is 11.5 Å². The van der Waals surface area contributed by atoms with Crippen molar-refractivity contribution >= 4 is 6.21 Å². The maximum Gasteiger partial charge on any atom is 0.124 e. The molecule has 0 atom stereocenters. The lowest BCUT2D eigenvalue weighted by atomic mass is 10.2. The number of benzene rings is 1. The first-order valence-electron chi connectivity index (χ1n) is 4.22. The Morgan fingerprint density at radius 3 is 2.71 bits per heavy atom. The maximum atomic E-state index is 9.48. The van der Waals surface area contributed by atoms with Crippen LogP contribution in [0.2, 0.25) is 0 Å². The number of phenols is 1. The van der Waals surface area contributed by atoms with Crippen LogP contribution in [0.25, 0.3) is 0 Å². The summed E-state index contributed by atoms with van der Waals surface area (Å²) in [6, 6.07) is 5.00. The van der Waals surface area contributed by atoms with E-state index in [0.717, 1.165) is 0 Å². The zero-order valence-electron chi connectivity index (χ0n) is 8.56. The summed E-state index contributed by atoms with van der Waals surface area (Å²) in [5, 5.41) is 15.2. The minimum absolute atomic E-state index is 0.191. The first-order valence-corrected chi connectivity index (χ1v) is 4.22. The molecule has 0 saturated heterocycles. The van der Waals surface area contributed by atoms with Crippen molar-refractivity contribution in [1.82, 2.24) is 5.01 Å². The molecule has 1 rings (SSSR count). The SMILES string of the molecule is COc1ccc(O)c(/C=N/N(C)C)c1. The van der Waals surface area contributed by atoms with Gasteiger partial charge in [-0.15, -0.1) is 0 Å². The van der Waals surface area contributed by atoms with Gasteiger partial charge in [-0.05, 0) is 18.2 Å². The first-order chi connectivity index (χ1) is 6.63. The summed E-state index contributed by atoms with van der Waals surface area (Å²) in [5.41, 5.74) is 0.637. The third kappa shape index (κ3) is 2.65. The van der Waals surface area contributed by atoms with Crippen LogP contribution in [-0.2, 0) is 0 Å². The third-order valence-corrected chi connectivity index (χ3v) is 1.66. The zero-order chi connectivity index (χ0) is 10.6. The molecule has 0 radical (unpaired) electrons. The van der Waals surface area contributed by atoms with Gasteiger partial charge in [0.2, 0.25) is 0 Å². The van der Waals surface area contributed by atoms with Crippen LogP contribution in [0.3, 0.4) is 0 Å². The Labute approximate surface area is 83.4 Å². The molecular formula is C10H14N2O2. The first kappa shape index (κ1) is 10.4. The highest BCUT2D eigenvalue weighted by molar-refractivity contribution is 5.83. The Hall–Kier alpha value is -1.71. The van der Waals surface area contributed by atoms with E-state index in [0.29, 0.717) is 11.3 Å². The van der Waals surface area contributed by atoms with Crippen LogP contribution in [-0.4, -0.2) is 37.5 Å². The highest BCUT2D eigenvalue weighted by atomic mass is 16.5. The fraction of sp³-hybridized carbons (Fsp3) is 0.300. The molecule has 0 amide bonds. The summed E-state index contributed by atoms with van der Waals surface area (Å²) in [6.45, 7) is 0. The molecule has 4 nitrogen and oxygen atoms in total. The van der Waals surface area contributed by atoms with Crippen molar-refractivity contribution in [2.24, 2.45) is 5.10 Å². The predicted molar refractivity (Wildman–Crippen MR) is 55.9 cm³/mol. The molecule has 0 unspecified atom stereocenters. The smallest absolute Gasteiger partial charge is 0.124 e. The summed E-state index contributed by atoms with van der Waals surface area (Å²) in [6.07, 6.45) is 1.58. The van der Waals surface area contributed by atoms with E-state index in [1.165, 1.54) is 0 Å². The van der Waals surface area contributed by atoms with Crippen molar-refractivity contribution in [3.8, 4) is 11.5 Å². The normalized spacial score (nSPS) is 10.5. The molecule has 0 heterocycles. The molecule has 4 heteroatoms. The Morgan fingerprint density at radius 2 is 2.14 bits per heavy atom. The Bertz CT molecular complexity index is 335. The van der Waals surface area contributed by atoms with Crippen LogP contribution in [0.4, 0.5) is 0 Å². The Balaban J connectivity index is 2.94. The number of hydrogen-bond donors (Lipinski definition) is 1. The molecule has 1 N–H and O–H groups in total. The number of nitrogens with zero attached hydrogens (tertiary/aromatic N) is 2. The molecule has 1 aromatic carbocycles. The van der Waals surface area contributed by atoms with E-state index in [4.69, 9.17) is 4.74 Å². The minimum atomic E-state index is 0.191. The highest BCUT2D eigenvalue weighted by Crippen LogP contribution is 2.20. The van der Waals surface area contributed by atoms with E-state index >= 15 is 0 Å². The van der Waals surface area contributed by atoms with Crippen molar-refractivity contribution in [1.29, 1.82) is 0 Å². The van der Waals surface area contributed by atoms with Gasteiger partial charge in [0.1, 0.15) is 11.5 Å². The molecule has 1 aromatic rings. The molecule has 76 valence electrons. The van der Waals surface area contributed by atoms with Crippen molar-refractivity contribution in [3.05, 3.63) is 23.8 Å². The molecule has 0 aliphatic heterocycles. The maximum absolute atomic E-state index is 9.48. The van der Waals surface area contributed by atoms with Gasteiger partial charge in [0.25, 0.3) is 0 Å². The molecule has 0 aliphatic carbocycles. The number of rotatable bonds is 3. The zero-order valence-corrected chi connectivity index (χ0v) is 8.56. The number of hydrogen-bond acceptors (Lipinski definition) is 4. The molecule has 0 bridgehead atoms. The quantitative estimate of drug-likeness (QED) is 0.582. The summed E-state index contributed by atoms with van der Waals surface area (Å²) in [4.78, 5) is 0. The van der Waals surface area contributed by atoms with Gasteiger partial charge >= 0.3 is 0 Å². The standard InChI is InChI=1S/C10H14N2O2/c1-12(2)11-7-8-6-9(14-3)4-5-10(8)13/h4-7,13H,1-3H3/b11-7+. The van der Waals surface area contributed by atoms with E-state index in [1.54, 1.807) is 36.5 Å². The van der Waals surface area contributed by atoms with Crippen molar-refractivity contribution in [2.45, 2.75) is 0 Å². The molecule has 0 aliphatic rings. The summed E-state index contributed by atoms with van der Waals surface area (Å²) in [5.74, 6) is 0.888. The lowest BCUT2D eigenvalue weighted by Crippen LogP contribution is -2.02. The van der Waals surface area contributed by atoms with Gasteiger partial charge < -0.3 is 14.9 Å². The lowest BCUT2D eigenvalue weighted by Gasteiger charge is -2.05. The molecule has 0 fully saturated rings. The van der Waals surface area contributed by atoms with Crippen molar-refractivity contribution in [2.75, 3.05) is 21.2 Å². The predicted octanol–water partition coefficient (Wildman–Crippen LogP) is 1.30. The number of hydrazone groups is 1. The second kappa shape index (κ2) is 4.50. The molecular weight excluding hydrogens is 180 g/mol. The van der Waals surface area contributed by atoms with Crippen molar-refractivity contribution < 1.29 is 9.84 Å². The largest absolute Gasteiger partial charge is 0.507 e. The van der Waals surface area contributed by atoms with Gasteiger partial charge in [0.15, 0.2) is 0 Å². The van der Waals surface area contributed by atoms with Crippen LogP contribution < -0.4 is 4.74 Å². The fourth-order valence-corrected chi connectivity index (χ4v) is 0.941. The molecule has 0 spiro atoms. The van der Waals surface area contributed by atoms with E-state index in [9.17, 15) is 5.11 Å². The van der Waals surface area contributed by atoms with E-state index in [1.807, 2.05) is 14.1 Å². The van der Waals surface area contributed by atoms with Crippen LogP contribution in [0.1, 0.15) is 5.56 Å².